The molecule has 208 valence electrons. The molecule has 0 atom stereocenters. The first kappa shape index (κ1) is 27.2. The zero-order chi connectivity index (χ0) is 27.9. The van der Waals surface area contributed by atoms with Crippen molar-refractivity contribution in [1.82, 2.24) is 39.5 Å². The lowest BCUT2D eigenvalue weighted by Gasteiger charge is -2.32. The zero-order valence-corrected chi connectivity index (χ0v) is 23.0. The minimum absolute atomic E-state index is 0.0624. The number of rotatable bonds is 5. The molecule has 2 aliphatic rings. The molecule has 11 heteroatoms. The van der Waals surface area contributed by atoms with E-state index in [1.807, 2.05) is 48.5 Å². The van der Waals surface area contributed by atoms with Gasteiger partial charge >= 0.3 is 0 Å². The van der Waals surface area contributed by atoms with E-state index in [2.05, 4.69) is 49.1 Å². The van der Waals surface area contributed by atoms with Crippen LogP contribution < -0.4 is 5.32 Å². The molecule has 2 amide bonds. The quantitative estimate of drug-likeness (QED) is 0.371. The standard InChI is InChI=1S/C23H21N7O2.C6H14N2/c31-15-29-9-11-30(12-10-29)22(32)21-14-16-13-17(4-5-18(16)27-21)26-23-25-8-6-20(28-23)19-3-1-2-7-24-19;1-7-3-5-8(2)6-4-7/h1-8,13-15,27H,9-12H2,(H,25,26,28);3-6H2,1-2H3. The van der Waals surface area contributed by atoms with Gasteiger partial charge in [0.2, 0.25) is 12.4 Å². The molecule has 0 spiro atoms. The number of hydrogen-bond donors (Lipinski definition) is 2. The summed E-state index contributed by atoms with van der Waals surface area (Å²) in [6.07, 6.45) is 4.25. The minimum atomic E-state index is -0.0624. The van der Waals surface area contributed by atoms with Crippen molar-refractivity contribution in [3.8, 4) is 11.4 Å². The molecular weight excluding hydrogens is 506 g/mol. The second-order valence-corrected chi connectivity index (χ2v) is 10.1. The fourth-order valence-electron chi connectivity index (χ4n) is 4.64. The van der Waals surface area contributed by atoms with Crippen molar-refractivity contribution in [2.45, 2.75) is 0 Å². The average molecular weight is 542 g/mol. The van der Waals surface area contributed by atoms with E-state index in [0.29, 0.717) is 37.8 Å². The molecule has 6 rings (SSSR count). The third kappa shape index (κ3) is 6.80. The highest BCUT2D eigenvalue weighted by atomic mass is 16.2. The normalized spacial score (nSPS) is 16.4. The summed E-state index contributed by atoms with van der Waals surface area (Å²) in [5, 5.41) is 4.13. The van der Waals surface area contributed by atoms with Gasteiger partial charge in [-0.3, -0.25) is 14.6 Å². The van der Waals surface area contributed by atoms with E-state index in [9.17, 15) is 9.59 Å². The first-order chi connectivity index (χ1) is 19.5. The molecule has 40 heavy (non-hydrogen) atoms. The number of carbonyl (C=O) groups excluding carboxylic acids is 2. The molecule has 3 aromatic heterocycles. The van der Waals surface area contributed by atoms with Crippen molar-refractivity contribution in [2.24, 2.45) is 0 Å². The number of amides is 2. The molecule has 2 aliphatic heterocycles. The van der Waals surface area contributed by atoms with Gasteiger partial charge in [0.05, 0.1) is 11.4 Å². The SMILES string of the molecule is CN1CCN(C)CC1.O=CN1CCN(C(=O)c2cc3cc(Nc4nccc(-c5ccccn5)n4)ccc3[nH]2)CC1. The van der Waals surface area contributed by atoms with Crippen molar-refractivity contribution in [3.05, 3.63) is 66.6 Å². The maximum absolute atomic E-state index is 12.9. The van der Waals surface area contributed by atoms with Gasteiger partial charge in [0.1, 0.15) is 5.69 Å². The molecule has 0 saturated carbocycles. The number of anilines is 2. The Hall–Kier alpha value is -4.35. The van der Waals surface area contributed by atoms with Crippen LogP contribution in [0.5, 0.6) is 0 Å². The van der Waals surface area contributed by atoms with Crippen molar-refractivity contribution in [3.63, 3.8) is 0 Å². The Morgan fingerprint density at radius 1 is 0.850 bits per heavy atom. The maximum Gasteiger partial charge on any atom is 0.270 e. The molecule has 2 saturated heterocycles. The summed E-state index contributed by atoms with van der Waals surface area (Å²) in [5.41, 5.74) is 3.72. The van der Waals surface area contributed by atoms with Crippen LogP contribution in [0.25, 0.3) is 22.3 Å². The summed E-state index contributed by atoms with van der Waals surface area (Å²) < 4.78 is 0. The highest BCUT2D eigenvalue weighted by Crippen LogP contribution is 2.24. The Kier molecular flexibility index (Phi) is 8.62. The van der Waals surface area contributed by atoms with Gasteiger partial charge in [-0.15, -0.1) is 0 Å². The van der Waals surface area contributed by atoms with E-state index in [-0.39, 0.29) is 5.91 Å². The fraction of sp³-hybridized carbons (Fsp3) is 0.345. The number of nitrogens with zero attached hydrogens (tertiary/aromatic N) is 7. The van der Waals surface area contributed by atoms with Gasteiger partial charge < -0.3 is 29.9 Å². The van der Waals surface area contributed by atoms with E-state index in [1.54, 1.807) is 22.2 Å². The van der Waals surface area contributed by atoms with Crippen LogP contribution in [0.4, 0.5) is 11.6 Å². The number of hydrogen-bond acceptors (Lipinski definition) is 8. The number of aromatic amines is 1. The van der Waals surface area contributed by atoms with Crippen LogP contribution in [0.3, 0.4) is 0 Å². The maximum atomic E-state index is 12.9. The van der Waals surface area contributed by atoms with E-state index in [4.69, 9.17) is 0 Å². The first-order valence-corrected chi connectivity index (χ1v) is 13.5. The Morgan fingerprint density at radius 2 is 1.60 bits per heavy atom. The molecule has 0 radical (unpaired) electrons. The van der Waals surface area contributed by atoms with Gasteiger partial charge in [-0.2, -0.15) is 0 Å². The summed E-state index contributed by atoms with van der Waals surface area (Å²) in [7, 11) is 4.35. The Bertz CT molecular complexity index is 1420. The van der Waals surface area contributed by atoms with Crippen molar-refractivity contribution in [2.75, 3.05) is 71.8 Å². The largest absolute Gasteiger partial charge is 0.351 e. The van der Waals surface area contributed by atoms with E-state index in [0.717, 1.165) is 34.4 Å². The smallest absolute Gasteiger partial charge is 0.270 e. The summed E-state index contributed by atoms with van der Waals surface area (Å²) in [6, 6.07) is 15.1. The van der Waals surface area contributed by atoms with Gasteiger partial charge in [-0.05, 0) is 56.6 Å². The predicted octanol–water partition coefficient (Wildman–Crippen LogP) is 2.54. The third-order valence-electron chi connectivity index (χ3n) is 7.17. The predicted molar refractivity (Wildman–Crippen MR) is 155 cm³/mol. The Balaban J connectivity index is 0.000000348. The van der Waals surface area contributed by atoms with Gasteiger partial charge in [0.15, 0.2) is 0 Å². The number of H-pyrrole nitrogens is 1. The van der Waals surface area contributed by atoms with E-state index in [1.165, 1.54) is 26.2 Å². The van der Waals surface area contributed by atoms with Crippen LogP contribution in [0.2, 0.25) is 0 Å². The van der Waals surface area contributed by atoms with Crippen LogP contribution in [0.15, 0.2) is 60.9 Å². The van der Waals surface area contributed by atoms with Crippen LogP contribution in [-0.4, -0.2) is 118 Å². The van der Waals surface area contributed by atoms with E-state index >= 15 is 0 Å². The monoisotopic (exact) mass is 541 g/mol. The molecule has 0 unspecified atom stereocenters. The number of pyridine rings is 1. The van der Waals surface area contributed by atoms with Crippen molar-refractivity contribution < 1.29 is 9.59 Å². The molecule has 4 aromatic rings. The fourth-order valence-corrected chi connectivity index (χ4v) is 4.64. The number of benzene rings is 1. The van der Waals surface area contributed by atoms with E-state index < -0.39 is 0 Å². The molecule has 0 aliphatic carbocycles. The summed E-state index contributed by atoms with van der Waals surface area (Å²) in [4.78, 5) is 48.3. The summed E-state index contributed by atoms with van der Waals surface area (Å²) >= 11 is 0. The van der Waals surface area contributed by atoms with Crippen molar-refractivity contribution >= 4 is 34.9 Å². The van der Waals surface area contributed by atoms with Crippen molar-refractivity contribution in [1.29, 1.82) is 0 Å². The number of nitrogens with one attached hydrogen (secondary N) is 2. The average Bonchev–Trinajstić information content (AvgIpc) is 3.43. The highest BCUT2D eigenvalue weighted by Gasteiger charge is 2.22. The van der Waals surface area contributed by atoms with Crippen LogP contribution in [0.1, 0.15) is 10.5 Å². The molecule has 2 N–H and O–H groups in total. The summed E-state index contributed by atoms with van der Waals surface area (Å²) in [5.74, 6) is 0.403. The Labute approximate surface area is 233 Å². The lowest BCUT2D eigenvalue weighted by atomic mass is 10.2. The Morgan fingerprint density at radius 3 is 2.27 bits per heavy atom. The second-order valence-electron chi connectivity index (χ2n) is 10.1. The van der Waals surface area contributed by atoms with Crippen LogP contribution in [0, 0.1) is 0 Å². The molecule has 2 fully saturated rings. The van der Waals surface area contributed by atoms with Gasteiger partial charge in [-0.25, -0.2) is 9.97 Å². The minimum Gasteiger partial charge on any atom is -0.351 e. The van der Waals surface area contributed by atoms with Crippen LogP contribution in [-0.2, 0) is 4.79 Å². The first-order valence-electron chi connectivity index (χ1n) is 13.5. The number of carbonyl (C=O) groups is 2. The number of fused-ring (bicyclic) bond motifs is 1. The highest BCUT2D eigenvalue weighted by molar-refractivity contribution is 5.98. The molecule has 0 bridgehead atoms. The van der Waals surface area contributed by atoms with Crippen LogP contribution >= 0.6 is 0 Å². The molecule has 11 nitrogen and oxygen atoms in total. The lowest BCUT2D eigenvalue weighted by molar-refractivity contribution is -0.119. The lowest BCUT2D eigenvalue weighted by Crippen LogP contribution is -2.48. The van der Waals surface area contributed by atoms with Gasteiger partial charge in [-0.1, -0.05) is 6.07 Å². The third-order valence-corrected chi connectivity index (χ3v) is 7.17. The summed E-state index contributed by atoms with van der Waals surface area (Å²) in [6.45, 7) is 7.11. The number of likely N-dealkylation sites (N-methyl/N-ethyl adjacent to an activating group) is 2. The molecular formula is C29H35N9O2. The van der Waals surface area contributed by atoms with Gasteiger partial charge in [0, 0.05) is 81.3 Å². The number of piperazine rings is 2. The second kappa shape index (κ2) is 12.7. The molecule has 1 aromatic carbocycles. The molecule has 5 heterocycles. The van der Waals surface area contributed by atoms with Gasteiger partial charge in [0.25, 0.3) is 5.91 Å². The topological polar surface area (TPSA) is 114 Å². The zero-order valence-electron chi connectivity index (χ0n) is 23.0. The number of aromatic nitrogens is 4.